The van der Waals surface area contributed by atoms with Gasteiger partial charge in [0.15, 0.2) is 5.12 Å². The lowest BCUT2D eigenvalue weighted by Crippen LogP contribution is -2.41. The van der Waals surface area contributed by atoms with Gasteiger partial charge in [0, 0.05) is 39.0 Å². The molecule has 0 aromatic heterocycles. The molecule has 1 aliphatic heterocycles. The Morgan fingerprint density at radius 3 is 1.95 bits per heavy atom. The average Bonchev–Trinajstić information content (AvgIpc) is 2.41. The zero-order valence-corrected chi connectivity index (χ0v) is 14.7. The molecule has 0 radical (unpaired) electrons. The Bertz CT molecular complexity index is 221. The first-order chi connectivity index (χ1) is 9.07. The third-order valence-corrected chi connectivity index (χ3v) is 7.09. The second-order valence-corrected chi connectivity index (χ2v) is 9.12. The minimum Gasteiger partial charge on any atom is -0.377 e. The lowest BCUT2D eigenvalue weighted by atomic mass is 10.1. The number of thioether (sulfide) groups is 1. The highest BCUT2D eigenvalue weighted by atomic mass is 32.2. The molecule has 19 heavy (non-hydrogen) atoms. The molecule has 0 saturated carbocycles. The normalized spacial score (nSPS) is 18.6. The third-order valence-electron chi connectivity index (χ3n) is 3.19. The van der Waals surface area contributed by atoms with Crippen molar-refractivity contribution >= 4 is 25.7 Å². The van der Waals surface area contributed by atoms with Crippen LogP contribution in [0.25, 0.3) is 0 Å². The highest BCUT2D eigenvalue weighted by Crippen LogP contribution is 2.33. The van der Waals surface area contributed by atoms with Crippen molar-refractivity contribution in [1.29, 1.82) is 0 Å². The molecule has 6 heteroatoms. The summed E-state index contributed by atoms with van der Waals surface area (Å²) in [7, 11) is 2.65. The van der Waals surface area contributed by atoms with E-state index in [2.05, 4.69) is 6.92 Å². The highest BCUT2D eigenvalue weighted by Gasteiger charge is 2.34. The fourth-order valence-electron chi connectivity index (χ4n) is 1.83. The topological polar surface area (TPSA) is 44.8 Å². The zero-order chi connectivity index (χ0) is 14.7. The molecule has 1 rings (SSSR count). The molecule has 4 nitrogen and oxygen atoms in total. The number of unbranched alkanes of at least 4 members (excludes halogenated alkanes) is 2. The number of carbonyl (C=O) groups excluding carboxylic acids is 1. The first kappa shape index (κ1) is 19.1. The molecular formula is C13H28O4SSi. The Kier molecular flexibility index (Phi) is 10.9. The molecule has 1 fully saturated rings. The lowest BCUT2D eigenvalue weighted by Gasteiger charge is -2.22. The van der Waals surface area contributed by atoms with E-state index >= 15 is 0 Å². The van der Waals surface area contributed by atoms with Gasteiger partial charge in [-0.1, -0.05) is 44.9 Å². The Morgan fingerprint density at radius 2 is 1.68 bits per heavy atom. The van der Waals surface area contributed by atoms with E-state index in [9.17, 15) is 4.79 Å². The van der Waals surface area contributed by atoms with Crippen molar-refractivity contribution in [3.8, 4) is 0 Å². The van der Waals surface area contributed by atoms with Gasteiger partial charge in [0.25, 0.3) is 0 Å². The van der Waals surface area contributed by atoms with Crippen LogP contribution in [0.15, 0.2) is 0 Å². The summed E-state index contributed by atoms with van der Waals surface area (Å²) in [5.41, 5.74) is 0. The number of rotatable bonds is 8. The first-order valence-corrected chi connectivity index (χ1v) is 9.73. The van der Waals surface area contributed by atoms with Crippen LogP contribution in [0.2, 0.25) is 6.04 Å². The van der Waals surface area contributed by atoms with E-state index in [1.165, 1.54) is 25.7 Å². The Labute approximate surface area is 122 Å². The molecule has 0 N–H and O–H groups in total. The van der Waals surface area contributed by atoms with Crippen LogP contribution in [0.1, 0.15) is 46.0 Å². The monoisotopic (exact) mass is 308 g/mol. The minimum atomic E-state index is -2.19. The SMILES string of the molecule is CCCCCC1CC(=O)S1.CC[Si](OC)(OC)OC. The molecule has 114 valence electrons. The van der Waals surface area contributed by atoms with E-state index in [0.29, 0.717) is 10.4 Å². The fraction of sp³-hybridized carbons (Fsp3) is 0.923. The summed E-state index contributed by atoms with van der Waals surface area (Å²) in [6, 6.07) is 0.816. The Hall–Kier alpha value is 0.117. The molecule has 1 heterocycles. The summed E-state index contributed by atoms with van der Waals surface area (Å²) in [5.74, 6) is 0. The second-order valence-electron chi connectivity index (χ2n) is 4.46. The van der Waals surface area contributed by atoms with Gasteiger partial charge in [-0.2, -0.15) is 0 Å². The van der Waals surface area contributed by atoms with Crippen LogP contribution in [0.5, 0.6) is 0 Å². The van der Waals surface area contributed by atoms with Gasteiger partial charge in [-0.25, -0.2) is 0 Å². The molecule has 1 atom stereocenters. The first-order valence-electron chi connectivity index (χ1n) is 6.92. The van der Waals surface area contributed by atoms with Gasteiger partial charge in [-0.15, -0.1) is 0 Å². The van der Waals surface area contributed by atoms with Crippen LogP contribution >= 0.6 is 11.8 Å². The third kappa shape index (κ3) is 7.46. The van der Waals surface area contributed by atoms with Gasteiger partial charge in [0.2, 0.25) is 0 Å². The Morgan fingerprint density at radius 1 is 1.16 bits per heavy atom. The molecule has 0 aromatic carbocycles. The largest absolute Gasteiger partial charge is 0.499 e. The van der Waals surface area contributed by atoms with Gasteiger partial charge in [-0.3, -0.25) is 4.79 Å². The van der Waals surface area contributed by atoms with Gasteiger partial charge >= 0.3 is 8.80 Å². The van der Waals surface area contributed by atoms with Crippen LogP contribution in [-0.2, 0) is 18.1 Å². The highest BCUT2D eigenvalue weighted by molar-refractivity contribution is 8.16. The summed E-state index contributed by atoms with van der Waals surface area (Å²) >= 11 is 1.54. The van der Waals surface area contributed by atoms with E-state index in [-0.39, 0.29) is 0 Å². The van der Waals surface area contributed by atoms with Crippen molar-refractivity contribution in [3.63, 3.8) is 0 Å². The second kappa shape index (κ2) is 10.9. The molecule has 0 aromatic rings. The predicted octanol–water partition coefficient (Wildman–Crippen LogP) is 3.48. The maximum Gasteiger partial charge on any atom is 0.499 e. The van der Waals surface area contributed by atoms with Crippen molar-refractivity contribution in [2.45, 2.75) is 57.2 Å². The van der Waals surface area contributed by atoms with Crippen molar-refractivity contribution in [1.82, 2.24) is 0 Å². The van der Waals surface area contributed by atoms with Gasteiger partial charge in [0.1, 0.15) is 0 Å². The molecule has 0 aliphatic carbocycles. The standard InChI is InChI=1S/C8H14OS.C5H14O3Si/c1-2-3-4-5-7-6-8(9)10-7;1-5-9(6-2,7-3)8-4/h7H,2-6H2,1H3;5H2,1-4H3. The van der Waals surface area contributed by atoms with Gasteiger partial charge < -0.3 is 13.3 Å². The van der Waals surface area contributed by atoms with Crippen LogP contribution in [0.4, 0.5) is 0 Å². The van der Waals surface area contributed by atoms with Crippen LogP contribution in [-0.4, -0.2) is 40.5 Å². The van der Waals surface area contributed by atoms with Crippen LogP contribution in [0.3, 0.4) is 0 Å². The molecule has 1 saturated heterocycles. The van der Waals surface area contributed by atoms with E-state index in [4.69, 9.17) is 13.3 Å². The van der Waals surface area contributed by atoms with E-state index in [1.807, 2.05) is 6.92 Å². The summed E-state index contributed by atoms with van der Waals surface area (Å²) in [6.45, 7) is 4.20. The summed E-state index contributed by atoms with van der Waals surface area (Å²) in [6.07, 6.45) is 6.01. The lowest BCUT2D eigenvalue weighted by molar-refractivity contribution is -0.112. The van der Waals surface area contributed by atoms with Crippen molar-refractivity contribution < 1.29 is 18.1 Å². The van der Waals surface area contributed by atoms with Crippen molar-refractivity contribution in [2.75, 3.05) is 21.3 Å². The van der Waals surface area contributed by atoms with E-state index in [1.54, 1.807) is 33.1 Å². The van der Waals surface area contributed by atoms with Crippen molar-refractivity contribution in [2.24, 2.45) is 0 Å². The molecule has 1 unspecified atom stereocenters. The summed E-state index contributed by atoms with van der Waals surface area (Å²) < 4.78 is 15.2. The van der Waals surface area contributed by atoms with Gasteiger partial charge in [0.05, 0.1) is 0 Å². The van der Waals surface area contributed by atoms with E-state index < -0.39 is 8.80 Å². The van der Waals surface area contributed by atoms with Gasteiger partial charge in [-0.05, 0) is 6.42 Å². The molecule has 0 spiro atoms. The maximum absolute atomic E-state index is 10.5. The summed E-state index contributed by atoms with van der Waals surface area (Å²) in [4.78, 5) is 10.5. The number of carbonyl (C=O) groups is 1. The average molecular weight is 309 g/mol. The quantitative estimate of drug-likeness (QED) is 0.507. The maximum atomic E-state index is 10.5. The minimum absolute atomic E-state index is 0.390. The van der Waals surface area contributed by atoms with E-state index in [0.717, 1.165) is 12.5 Å². The number of hydrogen-bond donors (Lipinski definition) is 0. The number of hydrogen-bond acceptors (Lipinski definition) is 5. The molecule has 1 aliphatic rings. The van der Waals surface area contributed by atoms with Crippen molar-refractivity contribution in [3.05, 3.63) is 0 Å². The molecule has 0 bridgehead atoms. The van der Waals surface area contributed by atoms with Crippen LogP contribution in [0, 0.1) is 0 Å². The Balaban J connectivity index is 0.000000344. The molecular weight excluding hydrogens is 280 g/mol. The molecule has 0 amide bonds. The zero-order valence-electron chi connectivity index (χ0n) is 12.9. The fourth-order valence-corrected chi connectivity index (χ4v) is 4.09. The predicted molar refractivity (Wildman–Crippen MR) is 82.4 cm³/mol. The van der Waals surface area contributed by atoms with Crippen LogP contribution < -0.4 is 0 Å². The smallest absolute Gasteiger partial charge is 0.377 e. The summed E-state index contributed by atoms with van der Waals surface area (Å²) in [5, 5.41) is 1.07.